The molecule has 1 aliphatic heterocycles. The molecule has 1 aromatic rings. The van der Waals surface area contributed by atoms with Crippen molar-refractivity contribution in [3.8, 4) is 0 Å². The molecule has 0 aliphatic carbocycles. The average Bonchev–Trinajstić information content (AvgIpc) is 2.86. The lowest BCUT2D eigenvalue weighted by Gasteiger charge is -2.37. The van der Waals surface area contributed by atoms with Crippen molar-refractivity contribution in [3.63, 3.8) is 0 Å². The summed E-state index contributed by atoms with van der Waals surface area (Å²) in [6, 6.07) is 4.16. The molecule has 4 heteroatoms. The third-order valence-corrected chi connectivity index (χ3v) is 3.96. The van der Waals surface area contributed by atoms with Gasteiger partial charge in [-0.05, 0) is 51.3 Å². The first-order valence-corrected chi connectivity index (χ1v) is 6.83. The van der Waals surface area contributed by atoms with Gasteiger partial charge in [0.25, 0.3) is 5.91 Å². The molecule has 0 spiro atoms. The Kier molecular flexibility index (Phi) is 4.07. The van der Waals surface area contributed by atoms with Gasteiger partial charge in [0, 0.05) is 25.3 Å². The lowest BCUT2D eigenvalue weighted by molar-refractivity contribution is 0.0556. The van der Waals surface area contributed by atoms with Crippen LogP contribution in [0.2, 0.25) is 0 Å². The summed E-state index contributed by atoms with van der Waals surface area (Å²) in [5, 5.41) is 0. The van der Waals surface area contributed by atoms with Gasteiger partial charge < -0.3 is 15.2 Å². The van der Waals surface area contributed by atoms with Crippen LogP contribution in [0.1, 0.15) is 37.2 Å². The van der Waals surface area contributed by atoms with E-state index in [2.05, 4.69) is 13.8 Å². The molecule has 1 aromatic heterocycles. The highest BCUT2D eigenvalue weighted by molar-refractivity contribution is 5.93. The zero-order chi connectivity index (χ0) is 13.1. The Hall–Kier alpha value is -1.29. The fourth-order valence-corrected chi connectivity index (χ4v) is 2.69. The fourth-order valence-electron chi connectivity index (χ4n) is 2.69. The monoisotopic (exact) mass is 249 g/mol. The Bertz CT molecular complexity index is 413. The minimum atomic E-state index is 0.146. The number of aryl methyl sites for hydroxylation is 1. The standard InChI is InChI=1S/C14H23N3O/c1-3-16-8-4-5-13(16)14(18)17-10-12(9-15)7-6-11(17)2/h4-5,8,11-12H,3,6-7,9-10,15H2,1-2H3. The highest BCUT2D eigenvalue weighted by Gasteiger charge is 2.29. The van der Waals surface area contributed by atoms with Gasteiger partial charge in [0.15, 0.2) is 0 Å². The van der Waals surface area contributed by atoms with E-state index in [4.69, 9.17) is 5.73 Å². The summed E-state index contributed by atoms with van der Waals surface area (Å²) in [6.45, 7) is 6.48. The number of hydrogen-bond acceptors (Lipinski definition) is 2. The number of likely N-dealkylation sites (tertiary alicyclic amines) is 1. The lowest BCUT2D eigenvalue weighted by atomic mass is 9.93. The predicted molar refractivity (Wildman–Crippen MR) is 72.4 cm³/mol. The number of aromatic nitrogens is 1. The summed E-state index contributed by atoms with van der Waals surface area (Å²) in [6.07, 6.45) is 4.15. The van der Waals surface area contributed by atoms with E-state index in [-0.39, 0.29) is 5.91 Å². The number of carbonyl (C=O) groups excluding carboxylic acids is 1. The third-order valence-electron chi connectivity index (χ3n) is 3.96. The molecule has 0 saturated carbocycles. The Morgan fingerprint density at radius 2 is 2.28 bits per heavy atom. The largest absolute Gasteiger partial charge is 0.344 e. The summed E-state index contributed by atoms with van der Waals surface area (Å²) >= 11 is 0. The van der Waals surface area contributed by atoms with Crippen molar-refractivity contribution in [1.82, 2.24) is 9.47 Å². The van der Waals surface area contributed by atoms with Crippen LogP contribution in [-0.4, -0.2) is 34.5 Å². The van der Waals surface area contributed by atoms with Crippen molar-refractivity contribution >= 4 is 5.91 Å². The smallest absolute Gasteiger partial charge is 0.270 e. The Labute approximate surface area is 109 Å². The SMILES string of the molecule is CCn1cccc1C(=O)N1CC(CN)CCC1C. The van der Waals surface area contributed by atoms with Crippen LogP contribution in [0.3, 0.4) is 0 Å². The van der Waals surface area contributed by atoms with E-state index in [1.54, 1.807) is 0 Å². The average molecular weight is 249 g/mol. The van der Waals surface area contributed by atoms with Crippen molar-refractivity contribution in [2.75, 3.05) is 13.1 Å². The molecule has 2 N–H and O–H groups in total. The number of nitrogens with zero attached hydrogens (tertiary/aromatic N) is 2. The van der Waals surface area contributed by atoms with Gasteiger partial charge in [0.1, 0.15) is 5.69 Å². The maximum Gasteiger partial charge on any atom is 0.270 e. The second-order valence-electron chi connectivity index (χ2n) is 5.17. The van der Waals surface area contributed by atoms with Crippen LogP contribution in [0, 0.1) is 5.92 Å². The zero-order valence-electron chi connectivity index (χ0n) is 11.3. The van der Waals surface area contributed by atoms with Gasteiger partial charge in [-0.3, -0.25) is 4.79 Å². The minimum Gasteiger partial charge on any atom is -0.344 e. The first-order chi connectivity index (χ1) is 8.67. The van der Waals surface area contributed by atoms with E-state index in [0.29, 0.717) is 18.5 Å². The van der Waals surface area contributed by atoms with E-state index in [9.17, 15) is 4.79 Å². The lowest BCUT2D eigenvalue weighted by Crippen LogP contribution is -2.47. The second-order valence-corrected chi connectivity index (χ2v) is 5.17. The van der Waals surface area contributed by atoms with Crippen LogP contribution < -0.4 is 5.73 Å². The van der Waals surface area contributed by atoms with Crippen molar-refractivity contribution in [2.45, 2.75) is 39.3 Å². The minimum absolute atomic E-state index is 0.146. The predicted octanol–water partition coefficient (Wildman–Crippen LogP) is 1.71. The van der Waals surface area contributed by atoms with E-state index >= 15 is 0 Å². The van der Waals surface area contributed by atoms with Crippen molar-refractivity contribution in [3.05, 3.63) is 24.0 Å². The van der Waals surface area contributed by atoms with Gasteiger partial charge in [-0.15, -0.1) is 0 Å². The molecule has 1 aliphatic rings. The molecule has 0 aromatic carbocycles. The first kappa shape index (κ1) is 13.1. The van der Waals surface area contributed by atoms with Crippen LogP contribution in [0.5, 0.6) is 0 Å². The van der Waals surface area contributed by atoms with E-state index in [1.165, 1.54) is 0 Å². The highest BCUT2D eigenvalue weighted by Crippen LogP contribution is 2.23. The van der Waals surface area contributed by atoms with Crippen molar-refractivity contribution < 1.29 is 4.79 Å². The van der Waals surface area contributed by atoms with Crippen LogP contribution in [0.4, 0.5) is 0 Å². The summed E-state index contributed by atoms with van der Waals surface area (Å²) in [5.74, 6) is 0.600. The second kappa shape index (κ2) is 5.57. The van der Waals surface area contributed by atoms with Gasteiger partial charge in [-0.1, -0.05) is 0 Å². The van der Waals surface area contributed by atoms with Gasteiger partial charge in [-0.2, -0.15) is 0 Å². The third kappa shape index (κ3) is 2.43. The summed E-state index contributed by atoms with van der Waals surface area (Å²) in [4.78, 5) is 14.6. The molecule has 1 saturated heterocycles. The molecule has 100 valence electrons. The van der Waals surface area contributed by atoms with Crippen molar-refractivity contribution in [2.24, 2.45) is 11.7 Å². The van der Waals surface area contributed by atoms with Crippen LogP contribution >= 0.6 is 0 Å². The topological polar surface area (TPSA) is 51.3 Å². The molecule has 0 radical (unpaired) electrons. The molecule has 0 bridgehead atoms. The van der Waals surface area contributed by atoms with Gasteiger partial charge in [0.05, 0.1) is 0 Å². The summed E-state index contributed by atoms with van der Waals surface area (Å²) in [7, 11) is 0. The summed E-state index contributed by atoms with van der Waals surface area (Å²) in [5.41, 5.74) is 6.54. The molecule has 2 rings (SSSR count). The number of hydrogen-bond donors (Lipinski definition) is 1. The molecule has 1 amide bonds. The summed E-state index contributed by atoms with van der Waals surface area (Å²) < 4.78 is 2.00. The zero-order valence-corrected chi connectivity index (χ0v) is 11.3. The number of carbonyl (C=O) groups is 1. The molecular weight excluding hydrogens is 226 g/mol. The number of rotatable bonds is 3. The normalized spacial score (nSPS) is 24.3. The molecule has 4 nitrogen and oxygen atoms in total. The molecule has 2 atom stereocenters. The highest BCUT2D eigenvalue weighted by atomic mass is 16.2. The van der Waals surface area contributed by atoms with Crippen LogP contribution in [0.25, 0.3) is 0 Å². The van der Waals surface area contributed by atoms with Gasteiger partial charge in [0.2, 0.25) is 0 Å². The van der Waals surface area contributed by atoms with E-state index in [0.717, 1.165) is 31.6 Å². The fraction of sp³-hybridized carbons (Fsp3) is 0.643. The van der Waals surface area contributed by atoms with E-state index < -0.39 is 0 Å². The van der Waals surface area contributed by atoms with Crippen LogP contribution in [-0.2, 0) is 6.54 Å². The maximum absolute atomic E-state index is 12.6. The number of piperidine rings is 1. The Morgan fingerprint density at radius 3 is 2.94 bits per heavy atom. The molecular formula is C14H23N3O. The maximum atomic E-state index is 12.6. The van der Waals surface area contributed by atoms with Gasteiger partial charge >= 0.3 is 0 Å². The Balaban J connectivity index is 2.16. The molecule has 18 heavy (non-hydrogen) atoms. The number of amides is 1. The molecule has 2 unspecified atom stereocenters. The van der Waals surface area contributed by atoms with Crippen molar-refractivity contribution in [1.29, 1.82) is 0 Å². The molecule has 1 fully saturated rings. The van der Waals surface area contributed by atoms with Gasteiger partial charge in [-0.25, -0.2) is 0 Å². The van der Waals surface area contributed by atoms with E-state index in [1.807, 2.05) is 27.8 Å². The van der Waals surface area contributed by atoms with Crippen LogP contribution in [0.15, 0.2) is 18.3 Å². The quantitative estimate of drug-likeness (QED) is 0.886. The first-order valence-electron chi connectivity index (χ1n) is 6.83. The molecule has 2 heterocycles. The number of nitrogens with two attached hydrogens (primary N) is 1. The Morgan fingerprint density at radius 1 is 1.50 bits per heavy atom.